The van der Waals surface area contributed by atoms with Crippen LogP contribution < -0.4 is 15.6 Å². The molecule has 3 rings (SSSR count). The zero-order chi connectivity index (χ0) is 19.2. The molecule has 0 saturated carbocycles. The predicted molar refractivity (Wildman–Crippen MR) is 113 cm³/mol. The van der Waals surface area contributed by atoms with Gasteiger partial charge in [-0.15, -0.1) is 0 Å². The van der Waals surface area contributed by atoms with Gasteiger partial charge in [0, 0.05) is 36.7 Å². The van der Waals surface area contributed by atoms with E-state index < -0.39 is 0 Å². The number of carbonyl (C=O) groups is 2. The molecule has 0 radical (unpaired) electrons. The first-order valence-electron chi connectivity index (χ1n) is 8.77. The molecule has 2 heterocycles. The van der Waals surface area contributed by atoms with Gasteiger partial charge in [0.05, 0.1) is 18.3 Å². The Morgan fingerprint density at radius 3 is 2.37 bits per heavy atom. The Morgan fingerprint density at radius 2 is 1.78 bits per heavy atom. The van der Waals surface area contributed by atoms with Crippen LogP contribution in [0.5, 0.6) is 0 Å². The number of halogens is 1. The lowest BCUT2D eigenvalue weighted by molar-refractivity contribution is -0.123. The number of rotatable bonds is 5. The lowest BCUT2D eigenvalue weighted by Gasteiger charge is -2.35. The Morgan fingerprint density at radius 1 is 1.07 bits per heavy atom. The molecule has 0 atom stereocenters. The van der Waals surface area contributed by atoms with E-state index in [9.17, 15) is 9.59 Å². The van der Waals surface area contributed by atoms with Crippen LogP contribution in [0.25, 0.3) is 0 Å². The summed E-state index contributed by atoms with van der Waals surface area (Å²) >= 11 is 2.24. The quantitative estimate of drug-likeness (QED) is 0.643. The zero-order valence-electron chi connectivity index (χ0n) is 15.1. The third-order valence-electron chi connectivity index (χ3n) is 4.25. The first kappa shape index (κ1) is 19.6. The maximum atomic E-state index is 12.2. The average Bonchev–Trinajstić information content (AvgIpc) is 2.64. The lowest BCUT2D eigenvalue weighted by atomic mass is 10.1. The Hall–Kier alpha value is -2.20. The third kappa shape index (κ3) is 5.90. The topological polar surface area (TPSA) is 77.6 Å². The molecule has 8 heteroatoms. The number of aromatic nitrogens is 1. The van der Waals surface area contributed by atoms with Gasteiger partial charge < -0.3 is 10.2 Å². The average molecular weight is 479 g/mol. The second kappa shape index (κ2) is 9.14. The normalized spacial score (nSPS) is 14.7. The van der Waals surface area contributed by atoms with E-state index >= 15 is 0 Å². The van der Waals surface area contributed by atoms with E-state index in [1.165, 1.54) is 6.92 Å². The van der Waals surface area contributed by atoms with Crippen molar-refractivity contribution in [1.29, 1.82) is 0 Å². The van der Waals surface area contributed by atoms with Crippen LogP contribution in [0.1, 0.15) is 12.5 Å². The summed E-state index contributed by atoms with van der Waals surface area (Å²) in [5.74, 6) is 0.418. The molecule has 1 fully saturated rings. The minimum absolute atomic E-state index is 0.0459. The molecule has 1 aliphatic heterocycles. The number of pyridine rings is 1. The number of anilines is 2. The Balaban J connectivity index is 1.50. The van der Waals surface area contributed by atoms with Gasteiger partial charge in [0.25, 0.3) is 0 Å². The van der Waals surface area contributed by atoms with E-state index in [1.54, 1.807) is 6.20 Å². The number of benzene rings is 1. The van der Waals surface area contributed by atoms with E-state index in [0.717, 1.165) is 41.0 Å². The highest BCUT2D eigenvalue weighted by Crippen LogP contribution is 2.17. The molecule has 2 amide bonds. The molecular formula is C19H22IN5O2. The summed E-state index contributed by atoms with van der Waals surface area (Å²) < 4.78 is 1.15. The predicted octanol–water partition coefficient (Wildman–Crippen LogP) is 2.04. The molecule has 2 aromatic rings. The molecule has 2 N–H and O–H groups in total. The van der Waals surface area contributed by atoms with Crippen LogP contribution in [-0.4, -0.2) is 48.0 Å². The van der Waals surface area contributed by atoms with Gasteiger partial charge in [-0.1, -0.05) is 12.1 Å². The number of nitrogens with one attached hydrogen (secondary N) is 2. The summed E-state index contributed by atoms with van der Waals surface area (Å²) in [5, 5.41) is 4.76. The molecule has 7 nitrogen and oxygen atoms in total. The highest BCUT2D eigenvalue weighted by molar-refractivity contribution is 14.1. The standard InChI is InChI=1S/C19H22IN5O2/c1-14(26)23-25-10-8-24(9-11-25)17-6-7-18(21-13-17)22-19(27)12-15-2-4-16(20)5-3-15/h2-7,13H,8-12H2,1H3,(H,23,26)(H,21,22,27). The molecular weight excluding hydrogens is 457 g/mol. The summed E-state index contributed by atoms with van der Waals surface area (Å²) in [6.45, 7) is 4.64. The fourth-order valence-electron chi connectivity index (χ4n) is 2.92. The SMILES string of the molecule is CC(=O)NN1CCN(c2ccc(NC(=O)Cc3ccc(I)cc3)nc2)CC1. The van der Waals surface area contributed by atoms with E-state index in [2.05, 4.69) is 43.2 Å². The van der Waals surface area contributed by atoms with E-state index in [-0.39, 0.29) is 11.8 Å². The second-order valence-electron chi connectivity index (χ2n) is 6.40. The van der Waals surface area contributed by atoms with Crippen molar-refractivity contribution < 1.29 is 9.59 Å². The first-order chi connectivity index (χ1) is 13.0. The van der Waals surface area contributed by atoms with Gasteiger partial charge in [0.15, 0.2) is 0 Å². The van der Waals surface area contributed by atoms with Gasteiger partial charge in [0.2, 0.25) is 11.8 Å². The van der Waals surface area contributed by atoms with Gasteiger partial charge in [-0.3, -0.25) is 15.0 Å². The summed E-state index contributed by atoms with van der Waals surface area (Å²) in [6.07, 6.45) is 2.10. The van der Waals surface area contributed by atoms with Gasteiger partial charge in [0.1, 0.15) is 5.82 Å². The number of amides is 2. The van der Waals surface area contributed by atoms with Crippen LogP contribution in [0.2, 0.25) is 0 Å². The summed E-state index contributed by atoms with van der Waals surface area (Å²) in [5.41, 5.74) is 4.79. The van der Waals surface area contributed by atoms with Crippen molar-refractivity contribution in [3.05, 3.63) is 51.7 Å². The maximum Gasteiger partial charge on any atom is 0.231 e. The van der Waals surface area contributed by atoms with E-state index in [1.807, 2.05) is 41.4 Å². The fraction of sp³-hybridized carbons (Fsp3) is 0.316. The van der Waals surface area contributed by atoms with Gasteiger partial charge in [-0.2, -0.15) is 0 Å². The van der Waals surface area contributed by atoms with Crippen LogP contribution >= 0.6 is 22.6 Å². The smallest absolute Gasteiger partial charge is 0.231 e. The van der Waals surface area contributed by atoms with Crippen molar-refractivity contribution in [2.45, 2.75) is 13.3 Å². The lowest BCUT2D eigenvalue weighted by Crippen LogP contribution is -2.53. The summed E-state index contributed by atoms with van der Waals surface area (Å²) in [7, 11) is 0. The zero-order valence-corrected chi connectivity index (χ0v) is 17.3. The van der Waals surface area contributed by atoms with Crippen LogP contribution in [0.4, 0.5) is 11.5 Å². The Labute approximate surface area is 172 Å². The minimum Gasteiger partial charge on any atom is -0.368 e. The van der Waals surface area contributed by atoms with Gasteiger partial charge >= 0.3 is 0 Å². The molecule has 142 valence electrons. The molecule has 1 aromatic carbocycles. The van der Waals surface area contributed by atoms with Gasteiger partial charge in [-0.25, -0.2) is 9.99 Å². The third-order valence-corrected chi connectivity index (χ3v) is 4.97. The molecule has 0 spiro atoms. The highest BCUT2D eigenvalue weighted by atomic mass is 127. The molecule has 1 aliphatic rings. The van der Waals surface area contributed by atoms with E-state index in [4.69, 9.17) is 0 Å². The highest BCUT2D eigenvalue weighted by Gasteiger charge is 2.18. The number of hydrazine groups is 1. The minimum atomic E-state index is -0.0830. The van der Waals surface area contributed by atoms with Crippen LogP contribution in [0.3, 0.4) is 0 Å². The van der Waals surface area contributed by atoms with E-state index in [0.29, 0.717) is 12.2 Å². The monoisotopic (exact) mass is 479 g/mol. The molecule has 0 unspecified atom stereocenters. The van der Waals surface area contributed by atoms with Crippen molar-refractivity contribution in [3.63, 3.8) is 0 Å². The summed E-state index contributed by atoms with van der Waals surface area (Å²) in [4.78, 5) is 29.9. The van der Waals surface area contributed by atoms with Crippen LogP contribution in [0, 0.1) is 3.57 Å². The maximum absolute atomic E-state index is 12.2. The number of hydrogen-bond donors (Lipinski definition) is 2. The summed E-state index contributed by atoms with van der Waals surface area (Å²) in [6, 6.07) is 11.7. The number of nitrogens with zero attached hydrogens (tertiary/aromatic N) is 3. The Bertz CT molecular complexity index is 787. The molecule has 0 aliphatic carbocycles. The fourth-order valence-corrected chi connectivity index (χ4v) is 3.28. The molecule has 0 bridgehead atoms. The largest absolute Gasteiger partial charge is 0.368 e. The van der Waals surface area contributed by atoms with Crippen molar-refractivity contribution in [1.82, 2.24) is 15.4 Å². The number of carbonyl (C=O) groups excluding carboxylic acids is 2. The van der Waals surface area contributed by atoms with Gasteiger partial charge in [-0.05, 0) is 52.4 Å². The Kier molecular flexibility index (Phi) is 6.62. The van der Waals surface area contributed by atoms with Crippen molar-refractivity contribution in [2.24, 2.45) is 0 Å². The van der Waals surface area contributed by atoms with Crippen molar-refractivity contribution in [2.75, 3.05) is 36.4 Å². The number of piperazine rings is 1. The molecule has 1 aromatic heterocycles. The number of hydrogen-bond acceptors (Lipinski definition) is 5. The van der Waals surface area contributed by atoms with Crippen molar-refractivity contribution >= 4 is 45.9 Å². The molecule has 27 heavy (non-hydrogen) atoms. The second-order valence-corrected chi connectivity index (χ2v) is 7.64. The first-order valence-corrected chi connectivity index (χ1v) is 9.85. The van der Waals surface area contributed by atoms with Crippen molar-refractivity contribution in [3.8, 4) is 0 Å². The molecule has 1 saturated heterocycles. The van der Waals surface area contributed by atoms with Crippen LogP contribution in [-0.2, 0) is 16.0 Å². The van der Waals surface area contributed by atoms with Crippen LogP contribution in [0.15, 0.2) is 42.6 Å².